The van der Waals surface area contributed by atoms with Crippen molar-refractivity contribution in [3.8, 4) is 0 Å². The molecule has 10 heteroatoms. The Labute approximate surface area is 203 Å². The van der Waals surface area contributed by atoms with E-state index >= 15 is 0 Å². The Morgan fingerprint density at radius 3 is 2.26 bits per heavy atom. The molecule has 0 bridgehead atoms. The molecule has 0 spiro atoms. The van der Waals surface area contributed by atoms with Gasteiger partial charge < -0.3 is 5.32 Å². The summed E-state index contributed by atoms with van der Waals surface area (Å²) in [6, 6.07) is 20.5. The lowest BCUT2D eigenvalue weighted by Crippen LogP contribution is -2.40. The lowest BCUT2D eigenvalue weighted by molar-refractivity contribution is -0.121. The molecule has 0 atom stereocenters. The molecule has 3 aromatic carbocycles. The van der Waals surface area contributed by atoms with Crippen LogP contribution in [0.2, 0.25) is 0 Å². The fourth-order valence-corrected chi connectivity index (χ4v) is 4.57. The van der Waals surface area contributed by atoms with Crippen molar-refractivity contribution in [1.29, 1.82) is 0 Å². The predicted molar refractivity (Wildman–Crippen MR) is 132 cm³/mol. The second kappa shape index (κ2) is 12.0. The zero-order valence-corrected chi connectivity index (χ0v) is 19.8. The maximum atomic E-state index is 13.3. The molecule has 2 amide bonds. The van der Waals surface area contributed by atoms with Gasteiger partial charge in [-0.05, 0) is 53.9 Å². The summed E-state index contributed by atoms with van der Waals surface area (Å²) in [5.74, 6) is -1.30. The van der Waals surface area contributed by atoms with Gasteiger partial charge in [-0.2, -0.15) is 9.41 Å². The number of rotatable bonds is 10. The molecule has 0 aliphatic heterocycles. The van der Waals surface area contributed by atoms with Crippen LogP contribution < -0.4 is 10.7 Å². The van der Waals surface area contributed by atoms with Gasteiger partial charge >= 0.3 is 0 Å². The van der Waals surface area contributed by atoms with Crippen molar-refractivity contribution >= 4 is 33.7 Å². The standard InChI is InChI=1S/C25H25FN4O4S/c1-19(31)28-23-11-13-24(14-12-23)35(33,34)30(16-15-20-5-3-2-4-6-20)18-25(32)29-27-17-21-7-9-22(26)10-8-21/h2-14,17H,15-16,18H2,1H3,(H,28,31)(H,29,32)/b27-17-. The Balaban J connectivity index is 1.74. The summed E-state index contributed by atoms with van der Waals surface area (Å²) >= 11 is 0. The zero-order chi connectivity index (χ0) is 25.3. The third kappa shape index (κ3) is 7.83. The van der Waals surface area contributed by atoms with Crippen molar-refractivity contribution in [2.24, 2.45) is 5.10 Å². The summed E-state index contributed by atoms with van der Waals surface area (Å²) in [5, 5.41) is 6.41. The van der Waals surface area contributed by atoms with Gasteiger partial charge in [0.2, 0.25) is 15.9 Å². The largest absolute Gasteiger partial charge is 0.326 e. The fraction of sp³-hybridized carbons (Fsp3) is 0.160. The Morgan fingerprint density at radius 1 is 0.971 bits per heavy atom. The number of benzene rings is 3. The molecular formula is C25H25FN4O4S. The number of hydrogen-bond donors (Lipinski definition) is 2. The predicted octanol–water partition coefficient (Wildman–Crippen LogP) is 3.17. The highest BCUT2D eigenvalue weighted by molar-refractivity contribution is 7.89. The highest BCUT2D eigenvalue weighted by Gasteiger charge is 2.26. The molecule has 182 valence electrons. The van der Waals surface area contributed by atoms with E-state index in [2.05, 4.69) is 15.8 Å². The molecule has 2 N–H and O–H groups in total. The van der Waals surface area contributed by atoms with E-state index in [-0.39, 0.29) is 17.3 Å². The average Bonchev–Trinajstić information content (AvgIpc) is 2.83. The number of hydrazone groups is 1. The number of anilines is 1. The summed E-state index contributed by atoms with van der Waals surface area (Å²) in [6.07, 6.45) is 1.73. The van der Waals surface area contributed by atoms with Crippen molar-refractivity contribution in [3.05, 3.63) is 95.8 Å². The van der Waals surface area contributed by atoms with Gasteiger partial charge in [0.15, 0.2) is 0 Å². The monoisotopic (exact) mass is 496 g/mol. The van der Waals surface area contributed by atoms with Crippen LogP contribution in [0.3, 0.4) is 0 Å². The number of nitrogens with one attached hydrogen (secondary N) is 2. The van der Waals surface area contributed by atoms with Crippen LogP contribution in [0.4, 0.5) is 10.1 Å². The molecule has 0 aliphatic carbocycles. The molecule has 3 rings (SSSR count). The Bertz CT molecular complexity index is 1280. The van der Waals surface area contributed by atoms with Crippen LogP contribution in [0.15, 0.2) is 88.9 Å². The lowest BCUT2D eigenvalue weighted by Gasteiger charge is -2.21. The van der Waals surface area contributed by atoms with Crippen molar-refractivity contribution < 1.29 is 22.4 Å². The molecule has 0 aromatic heterocycles. The van der Waals surface area contributed by atoms with E-state index in [1.165, 1.54) is 61.7 Å². The van der Waals surface area contributed by atoms with Gasteiger partial charge in [-0.1, -0.05) is 42.5 Å². The first-order chi connectivity index (χ1) is 16.7. The van der Waals surface area contributed by atoms with Gasteiger partial charge in [-0.25, -0.2) is 18.2 Å². The number of halogens is 1. The third-order valence-corrected chi connectivity index (χ3v) is 6.76. The van der Waals surface area contributed by atoms with Crippen LogP contribution >= 0.6 is 0 Å². The number of sulfonamides is 1. The van der Waals surface area contributed by atoms with E-state index in [9.17, 15) is 22.4 Å². The molecule has 0 unspecified atom stereocenters. The van der Waals surface area contributed by atoms with E-state index in [4.69, 9.17) is 0 Å². The lowest BCUT2D eigenvalue weighted by atomic mass is 10.1. The van der Waals surface area contributed by atoms with Crippen LogP contribution in [0, 0.1) is 5.82 Å². The fourth-order valence-electron chi connectivity index (χ4n) is 3.17. The second-order valence-electron chi connectivity index (χ2n) is 7.62. The van der Waals surface area contributed by atoms with Crippen molar-refractivity contribution in [2.75, 3.05) is 18.4 Å². The SMILES string of the molecule is CC(=O)Nc1ccc(S(=O)(=O)N(CCc2ccccc2)CC(=O)N/N=C\c2ccc(F)cc2)cc1. The summed E-state index contributed by atoms with van der Waals surface area (Å²) in [7, 11) is -4.03. The maximum absolute atomic E-state index is 13.3. The first-order valence-corrected chi connectivity index (χ1v) is 12.2. The molecular weight excluding hydrogens is 471 g/mol. The molecule has 8 nitrogen and oxygen atoms in total. The van der Waals surface area contributed by atoms with Gasteiger partial charge in [0.1, 0.15) is 5.82 Å². The number of hydrogen-bond acceptors (Lipinski definition) is 5. The van der Waals surface area contributed by atoms with Crippen LogP contribution in [0.1, 0.15) is 18.1 Å². The van der Waals surface area contributed by atoms with Gasteiger partial charge in [-0.15, -0.1) is 0 Å². The molecule has 0 aliphatic rings. The van der Waals surface area contributed by atoms with Crippen LogP contribution in [-0.4, -0.2) is 43.8 Å². The minimum atomic E-state index is -4.03. The van der Waals surface area contributed by atoms with E-state index in [0.29, 0.717) is 17.7 Å². The van der Waals surface area contributed by atoms with Crippen molar-refractivity contribution in [2.45, 2.75) is 18.2 Å². The minimum Gasteiger partial charge on any atom is -0.326 e. The Hall–Kier alpha value is -3.89. The first kappa shape index (κ1) is 25.7. The highest BCUT2D eigenvalue weighted by atomic mass is 32.2. The summed E-state index contributed by atoms with van der Waals surface area (Å²) in [6.45, 7) is 0.964. The topological polar surface area (TPSA) is 108 Å². The van der Waals surface area contributed by atoms with E-state index in [1.54, 1.807) is 0 Å². The number of carbonyl (C=O) groups excluding carboxylic acids is 2. The van der Waals surface area contributed by atoms with Gasteiger partial charge in [-0.3, -0.25) is 9.59 Å². The van der Waals surface area contributed by atoms with Gasteiger partial charge in [0.05, 0.1) is 17.7 Å². The Kier molecular flexibility index (Phi) is 8.82. The molecule has 0 fully saturated rings. The third-order valence-electron chi connectivity index (χ3n) is 4.90. The van der Waals surface area contributed by atoms with Crippen molar-refractivity contribution in [1.82, 2.24) is 9.73 Å². The van der Waals surface area contributed by atoms with E-state index in [1.807, 2.05) is 30.3 Å². The highest BCUT2D eigenvalue weighted by Crippen LogP contribution is 2.19. The van der Waals surface area contributed by atoms with Gasteiger partial charge in [0, 0.05) is 19.2 Å². The molecule has 0 radical (unpaired) electrons. The second-order valence-corrected chi connectivity index (χ2v) is 9.56. The first-order valence-electron chi connectivity index (χ1n) is 10.7. The van der Waals surface area contributed by atoms with Crippen LogP contribution in [0.5, 0.6) is 0 Å². The van der Waals surface area contributed by atoms with Crippen LogP contribution in [0.25, 0.3) is 0 Å². The summed E-state index contributed by atoms with van der Waals surface area (Å²) in [5.41, 5.74) is 4.26. The van der Waals surface area contributed by atoms with Crippen molar-refractivity contribution in [3.63, 3.8) is 0 Å². The number of nitrogens with zero attached hydrogens (tertiary/aromatic N) is 2. The molecule has 3 aromatic rings. The normalized spacial score (nSPS) is 11.5. The summed E-state index contributed by atoms with van der Waals surface area (Å²) < 4.78 is 40.8. The quantitative estimate of drug-likeness (QED) is 0.332. The van der Waals surface area contributed by atoms with E-state index in [0.717, 1.165) is 9.87 Å². The average molecular weight is 497 g/mol. The smallest absolute Gasteiger partial charge is 0.255 e. The molecule has 0 heterocycles. The maximum Gasteiger partial charge on any atom is 0.255 e. The number of carbonyl (C=O) groups is 2. The Morgan fingerprint density at radius 2 is 1.63 bits per heavy atom. The summed E-state index contributed by atoms with van der Waals surface area (Å²) in [4.78, 5) is 23.7. The molecule has 0 saturated carbocycles. The molecule has 0 saturated heterocycles. The van der Waals surface area contributed by atoms with Crippen LogP contribution in [-0.2, 0) is 26.0 Å². The minimum absolute atomic E-state index is 0.0118. The van der Waals surface area contributed by atoms with Gasteiger partial charge in [0.25, 0.3) is 5.91 Å². The zero-order valence-electron chi connectivity index (χ0n) is 19.0. The van der Waals surface area contributed by atoms with E-state index < -0.39 is 28.3 Å². The molecule has 35 heavy (non-hydrogen) atoms. The number of amides is 2.